The van der Waals surface area contributed by atoms with Crippen LogP contribution in [0.4, 0.5) is 0 Å². The summed E-state index contributed by atoms with van der Waals surface area (Å²) in [5, 5.41) is 20.7. The lowest BCUT2D eigenvalue weighted by atomic mass is 10.0. The van der Waals surface area contributed by atoms with Gasteiger partial charge in [0, 0.05) is 6.08 Å². The van der Waals surface area contributed by atoms with Gasteiger partial charge in [-0.05, 0) is 25.7 Å². The molecule has 0 aromatic carbocycles. The number of unbranched alkanes of at least 4 members (excludes halogenated alkanes) is 7. The van der Waals surface area contributed by atoms with E-state index in [2.05, 4.69) is 12.0 Å². The molecule has 0 aliphatic carbocycles. The van der Waals surface area contributed by atoms with Crippen LogP contribution in [0.2, 0.25) is 0 Å². The molecule has 0 radical (unpaired) electrons. The molecule has 5 nitrogen and oxygen atoms in total. The minimum atomic E-state index is -0.946. The van der Waals surface area contributed by atoms with Crippen LogP contribution in [0.5, 0.6) is 0 Å². The molecule has 1 atom stereocenters. The number of hydrogen-bond acceptors (Lipinski definition) is 4. The van der Waals surface area contributed by atoms with Gasteiger partial charge in [0.2, 0.25) is 0 Å². The number of carboxylic acid groups (broad SMARTS) is 1. The average molecular weight is 328 g/mol. The van der Waals surface area contributed by atoms with Crippen molar-refractivity contribution in [3.8, 4) is 0 Å². The molecular formula is C18H32O5. The topological polar surface area (TPSA) is 76.0 Å². The Morgan fingerprint density at radius 1 is 1.00 bits per heavy atom. The maximum atomic E-state index is 10.3. The Morgan fingerprint density at radius 2 is 1.65 bits per heavy atom. The number of carbonyl (C=O) groups is 1. The molecule has 0 aromatic rings. The third kappa shape index (κ3) is 17.0. The Labute approximate surface area is 139 Å². The van der Waals surface area contributed by atoms with Gasteiger partial charge in [0.05, 0.1) is 6.10 Å². The van der Waals surface area contributed by atoms with E-state index < -0.39 is 5.97 Å². The van der Waals surface area contributed by atoms with Gasteiger partial charge in [0.1, 0.15) is 0 Å². The van der Waals surface area contributed by atoms with Crippen LogP contribution < -0.4 is 0 Å². The average Bonchev–Trinajstić information content (AvgIpc) is 2.52. The van der Waals surface area contributed by atoms with Gasteiger partial charge >= 0.3 is 5.97 Å². The highest BCUT2D eigenvalue weighted by Gasteiger charge is 2.09. The third-order valence-electron chi connectivity index (χ3n) is 3.69. The number of allylic oxidation sites excluding steroid dienone is 3. The van der Waals surface area contributed by atoms with E-state index in [1.165, 1.54) is 44.6 Å². The van der Waals surface area contributed by atoms with Crippen molar-refractivity contribution in [2.45, 2.75) is 83.7 Å². The molecule has 0 aliphatic rings. The highest BCUT2D eigenvalue weighted by molar-refractivity contribution is 5.80. The van der Waals surface area contributed by atoms with Crippen molar-refractivity contribution in [2.75, 3.05) is 0 Å². The fourth-order valence-electron chi connectivity index (χ4n) is 2.41. The minimum Gasteiger partial charge on any atom is -0.478 e. The molecule has 0 aromatic heterocycles. The van der Waals surface area contributed by atoms with Crippen LogP contribution in [-0.2, 0) is 14.7 Å². The molecule has 0 saturated heterocycles. The molecule has 0 heterocycles. The summed E-state index contributed by atoms with van der Waals surface area (Å²) in [5.41, 5.74) is 0. The second kappa shape index (κ2) is 17.2. The fourth-order valence-corrected chi connectivity index (χ4v) is 2.41. The largest absolute Gasteiger partial charge is 0.478 e. The maximum absolute atomic E-state index is 10.3. The normalized spacial score (nSPS) is 13.1. The smallest absolute Gasteiger partial charge is 0.328 e. The summed E-state index contributed by atoms with van der Waals surface area (Å²) in [6.07, 6.45) is 18.3. The summed E-state index contributed by atoms with van der Waals surface area (Å²) in [6, 6.07) is 0. The van der Waals surface area contributed by atoms with Gasteiger partial charge < -0.3 is 5.11 Å². The lowest BCUT2D eigenvalue weighted by Gasteiger charge is -2.13. The number of aliphatic carboxylic acids is 1. The van der Waals surface area contributed by atoms with Crippen LogP contribution in [0.3, 0.4) is 0 Å². The van der Waals surface area contributed by atoms with E-state index in [4.69, 9.17) is 15.3 Å². The van der Waals surface area contributed by atoms with E-state index in [0.717, 1.165) is 38.2 Å². The van der Waals surface area contributed by atoms with Crippen LogP contribution in [0.25, 0.3) is 0 Å². The molecule has 0 amide bonds. The Morgan fingerprint density at radius 3 is 2.30 bits per heavy atom. The predicted octanol–water partition coefficient (Wildman–Crippen LogP) is 5.28. The van der Waals surface area contributed by atoms with Gasteiger partial charge in [0.25, 0.3) is 0 Å². The van der Waals surface area contributed by atoms with E-state index in [1.54, 1.807) is 6.08 Å². The van der Waals surface area contributed by atoms with Crippen molar-refractivity contribution < 1.29 is 25.1 Å². The summed E-state index contributed by atoms with van der Waals surface area (Å²) in [7, 11) is 0. The SMILES string of the molecule is CCCCCCCCCC(CCCC=CC=CC(=O)O)OOO. The van der Waals surface area contributed by atoms with Gasteiger partial charge in [-0.1, -0.05) is 75.1 Å². The second-order valence-corrected chi connectivity index (χ2v) is 5.76. The molecule has 0 saturated carbocycles. The van der Waals surface area contributed by atoms with Gasteiger partial charge in [0.15, 0.2) is 0 Å². The first-order chi connectivity index (χ1) is 11.2. The molecular weight excluding hydrogens is 296 g/mol. The van der Waals surface area contributed by atoms with Crippen LogP contribution in [0.15, 0.2) is 24.3 Å². The molecule has 5 heteroatoms. The zero-order valence-corrected chi connectivity index (χ0v) is 14.3. The Balaban J connectivity index is 3.67. The quantitative estimate of drug-likeness (QED) is 0.132. The van der Waals surface area contributed by atoms with E-state index in [1.807, 2.05) is 6.08 Å². The van der Waals surface area contributed by atoms with Gasteiger partial charge in [-0.3, -0.25) is 0 Å². The van der Waals surface area contributed by atoms with Crippen molar-refractivity contribution >= 4 is 5.97 Å². The standard InChI is InChI=1S/C18H32O5/c1-2-3-4-5-6-8-11-14-17(22-23-21)15-12-9-7-10-13-16-18(19)20/h7,10,13,16-17,21H,2-6,8-9,11-12,14-15H2,1H3,(H,19,20). The first-order valence-electron chi connectivity index (χ1n) is 8.73. The van der Waals surface area contributed by atoms with Gasteiger partial charge in [-0.2, -0.15) is 0 Å². The summed E-state index contributed by atoms with van der Waals surface area (Å²) >= 11 is 0. The highest BCUT2D eigenvalue weighted by Crippen LogP contribution is 2.15. The Hall–Kier alpha value is -1.17. The first kappa shape index (κ1) is 21.8. The molecule has 0 fully saturated rings. The predicted molar refractivity (Wildman–Crippen MR) is 91.0 cm³/mol. The van der Waals surface area contributed by atoms with Crippen molar-refractivity contribution in [1.82, 2.24) is 0 Å². The monoisotopic (exact) mass is 328 g/mol. The number of carboxylic acids is 1. The lowest BCUT2D eigenvalue weighted by Crippen LogP contribution is -2.12. The van der Waals surface area contributed by atoms with Gasteiger partial charge in [-0.15, -0.1) is 0 Å². The summed E-state index contributed by atoms with van der Waals surface area (Å²) in [4.78, 5) is 15.2. The molecule has 1 unspecified atom stereocenters. The van der Waals surface area contributed by atoms with Crippen LogP contribution in [0.1, 0.15) is 77.6 Å². The van der Waals surface area contributed by atoms with Crippen molar-refractivity contribution in [3.63, 3.8) is 0 Å². The number of rotatable bonds is 16. The molecule has 0 aliphatic heterocycles. The zero-order chi connectivity index (χ0) is 17.2. The Bertz CT molecular complexity index is 325. The van der Waals surface area contributed by atoms with Crippen molar-refractivity contribution in [2.24, 2.45) is 0 Å². The lowest BCUT2D eigenvalue weighted by molar-refractivity contribution is -0.507. The Kier molecular flexibility index (Phi) is 16.3. The van der Waals surface area contributed by atoms with Gasteiger partial charge in [-0.25, -0.2) is 14.9 Å². The van der Waals surface area contributed by atoms with Crippen LogP contribution >= 0.6 is 0 Å². The zero-order valence-electron chi connectivity index (χ0n) is 14.3. The molecule has 23 heavy (non-hydrogen) atoms. The first-order valence-corrected chi connectivity index (χ1v) is 8.73. The molecule has 134 valence electrons. The second-order valence-electron chi connectivity index (χ2n) is 5.76. The third-order valence-corrected chi connectivity index (χ3v) is 3.69. The van der Waals surface area contributed by atoms with E-state index in [0.29, 0.717) is 0 Å². The maximum Gasteiger partial charge on any atom is 0.328 e. The van der Waals surface area contributed by atoms with Crippen LogP contribution in [0, 0.1) is 0 Å². The molecule has 0 rings (SSSR count). The summed E-state index contributed by atoms with van der Waals surface area (Å²) in [6.45, 7) is 2.22. The molecule has 2 N–H and O–H groups in total. The summed E-state index contributed by atoms with van der Waals surface area (Å²) in [5.74, 6) is -0.946. The molecule has 0 bridgehead atoms. The van der Waals surface area contributed by atoms with Crippen LogP contribution in [-0.4, -0.2) is 22.4 Å². The summed E-state index contributed by atoms with van der Waals surface area (Å²) < 4.78 is 0. The van der Waals surface area contributed by atoms with E-state index >= 15 is 0 Å². The number of hydrogen-bond donors (Lipinski definition) is 2. The fraction of sp³-hybridized carbons (Fsp3) is 0.722. The van der Waals surface area contributed by atoms with E-state index in [9.17, 15) is 4.79 Å². The van der Waals surface area contributed by atoms with Crippen molar-refractivity contribution in [3.05, 3.63) is 24.3 Å². The van der Waals surface area contributed by atoms with Crippen molar-refractivity contribution in [1.29, 1.82) is 0 Å². The minimum absolute atomic E-state index is 0.0846. The molecule has 0 spiro atoms. The highest BCUT2D eigenvalue weighted by atomic mass is 17.5. The van der Waals surface area contributed by atoms with E-state index in [-0.39, 0.29) is 6.10 Å².